The first-order valence-electron chi connectivity index (χ1n) is 5.72. The van der Waals surface area contributed by atoms with Gasteiger partial charge in [-0.1, -0.05) is 13.8 Å². The molecule has 1 aromatic heterocycles. The van der Waals surface area contributed by atoms with Gasteiger partial charge in [-0.25, -0.2) is 4.79 Å². The number of aromatic nitrogens is 2. The average molecular weight is 254 g/mol. The number of amides is 2. The molecule has 0 aliphatic carbocycles. The molecule has 0 atom stereocenters. The fourth-order valence-electron chi connectivity index (χ4n) is 1.49. The number of carbonyl (C=O) groups is 2. The van der Waals surface area contributed by atoms with Crippen molar-refractivity contribution in [3.05, 3.63) is 18.0 Å². The Bertz CT molecular complexity index is 389. The minimum atomic E-state index is -1.02. The summed E-state index contributed by atoms with van der Waals surface area (Å²) in [6.07, 6.45) is 1.59. The number of nitrogens with zero attached hydrogens (tertiary/aromatic N) is 2. The fourth-order valence-corrected chi connectivity index (χ4v) is 1.49. The molecule has 18 heavy (non-hydrogen) atoms. The molecule has 0 unspecified atom stereocenters. The topological polar surface area (TPSA) is 98.3 Å². The Balaban J connectivity index is 2.50. The van der Waals surface area contributed by atoms with E-state index >= 15 is 0 Å². The summed E-state index contributed by atoms with van der Waals surface area (Å²) < 4.78 is 0. The van der Waals surface area contributed by atoms with Gasteiger partial charge in [0.05, 0.1) is 12.2 Å². The van der Waals surface area contributed by atoms with Gasteiger partial charge in [-0.15, -0.1) is 0 Å². The lowest BCUT2D eigenvalue weighted by Gasteiger charge is -2.22. The first-order valence-corrected chi connectivity index (χ1v) is 5.72. The Labute approximate surface area is 105 Å². The Hall–Kier alpha value is -2.05. The van der Waals surface area contributed by atoms with Crippen molar-refractivity contribution >= 4 is 12.0 Å². The maximum atomic E-state index is 11.8. The van der Waals surface area contributed by atoms with Gasteiger partial charge < -0.3 is 15.3 Å². The van der Waals surface area contributed by atoms with Crippen LogP contribution < -0.4 is 5.32 Å². The molecule has 100 valence electrons. The van der Waals surface area contributed by atoms with E-state index in [4.69, 9.17) is 5.11 Å². The highest BCUT2D eigenvalue weighted by Crippen LogP contribution is 2.00. The lowest BCUT2D eigenvalue weighted by molar-refractivity contribution is -0.137. The van der Waals surface area contributed by atoms with Crippen molar-refractivity contribution in [1.29, 1.82) is 0 Å². The molecule has 0 fully saturated rings. The van der Waals surface area contributed by atoms with Crippen LogP contribution in [0.25, 0.3) is 0 Å². The first kappa shape index (κ1) is 14.0. The van der Waals surface area contributed by atoms with Crippen molar-refractivity contribution in [2.75, 3.05) is 13.1 Å². The average Bonchev–Trinajstić information content (AvgIpc) is 2.76. The molecule has 3 N–H and O–H groups in total. The van der Waals surface area contributed by atoms with Crippen molar-refractivity contribution in [2.24, 2.45) is 5.92 Å². The van der Waals surface area contributed by atoms with Crippen LogP contribution in [0.2, 0.25) is 0 Å². The molecule has 0 aromatic carbocycles. The Kier molecular flexibility index (Phi) is 5.16. The van der Waals surface area contributed by atoms with Crippen molar-refractivity contribution in [3.63, 3.8) is 0 Å². The first-order chi connectivity index (χ1) is 8.49. The number of carboxylic acid groups (broad SMARTS) is 1. The van der Waals surface area contributed by atoms with Gasteiger partial charge in [0.25, 0.3) is 0 Å². The number of hydrogen-bond acceptors (Lipinski definition) is 3. The summed E-state index contributed by atoms with van der Waals surface area (Å²) in [5.41, 5.74) is 0.767. The van der Waals surface area contributed by atoms with Crippen molar-refractivity contribution in [1.82, 2.24) is 20.4 Å². The van der Waals surface area contributed by atoms with Crippen molar-refractivity contribution in [2.45, 2.75) is 20.4 Å². The highest BCUT2D eigenvalue weighted by Gasteiger charge is 2.17. The van der Waals surface area contributed by atoms with E-state index in [9.17, 15) is 9.59 Å². The zero-order valence-electron chi connectivity index (χ0n) is 10.5. The molecule has 1 rings (SSSR count). The van der Waals surface area contributed by atoms with Gasteiger partial charge in [0.15, 0.2) is 0 Å². The van der Waals surface area contributed by atoms with Crippen LogP contribution in [0.15, 0.2) is 12.3 Å². The van der Waals surface area contributed by atoms with E-state index in [1.807, 2.05) is 13.8 Å². The molecule has 0 aliphatic rings. The number of urea groups is 1. The predicted octanol–water partition coefficient (Wildman–Crippen LogP) is 0.662. The normalized spacial score (nSPS) is 10.4. The van der Waals surface area contributed by atoms with Gasteiger partial charge in [0.1, 0.15) is 6.54 Å². The maximum Gasteiger partial charge on any atom is 0.323 e. The summed E-state index contributed by atoms with van der Waals surface area (Å²) in [7, 11) is 0. The minimum Gasteiger partial charge on any atom is -0.480 e. The Morgan fingerprint density at radius 3 is 2.78 bits per heavy atom. The predicted molar refractivity (Wildman–Crippen MR) is 64.9 cm³/mol. The van der Waals surface area contributed by atoms with Crippen LogP contribution >= 0.6 is 0 Å². The zero-order chi connectivity index (χ0) is 13.5. The van der Waals surface area contributed by atoms with Crippen molar-refractivity contribution in [3.8, 4) is 0 Å². The van der Waals surface area contributed by atoms with E-state index in [2.05, 4.69) is 15.5 Å². The van der Waals surface area contributed by atoms with E-state index in [0.29, 0.717) is 13.1 Å². The smallest absolute Gasteiger partial charge is 0.323 e. The van der Waals surface area contributed by atoms with Crippen molar-refractivity contribution < 1.29 is 14.7 Å². The molecular weight excluding hydrogens is 236 g/mol. The van der Waals surface area contributed by atoms with Gasteiger partial charge in [0, 0.05) is 12.7 Å². The van der Waals surface area contributed by atoms with Crippen LogP contribution in [0.5, 0.6) is 0 Å². The second-order valence-electron chi connectivity index (χ2n) is 4.41. The second kappa shape index (κ2) is 6.63. The third-order valence-electron chi connectivity index (χ3n) is 2.19. The molecule has 2 amide bonds. The number of aromatic amines is 1. The second-order valence-corrected chi connectivity index (χ2v) is 4.41. The molecule has 0 spiro atoms. The van der Waals surface area contributed by atoms with Gasteiger partial charge in [-0.2, -0.15) is 5.10 Å². The van der Waals surface area contributed by atoms with Gasteiger partial charge >= 0.3 is 12.0 Å². The molecule has 0 saturated carbocycles. The summed E-state index contributed by atoms with van der Waals surface area (Å²) in [6.45, 7) is 4.26. The van der Waals surface area contributed by atoms with E-state index < -0.39 is 5.97 Å². The Morgan fingerprint density at radius 2 is 2.28 bits per heavy atom. The number of aliphatic carboxylic acids is 1. The van der Waals surface area contributed by atoms with Crippen LogP contribution in [0.1, 0.15) is 19.5 Å². The van der Waals surface area contributed by atoms with E-state index in [0.717, 1.165) is 5.69 Å². The molecule has 0 aliphatic heterocycles. The molecule has 0 bridgehead atoms. The number of H-pyrrole nitrogens is 1. The third-order valence-corrected chi connectivity index (χ3v) is 2.19. The van der Waals surface area contributed by atoms with Gasteiger partial charge in [-0.05, 0) is 12.0 Å². The molecule has 1 aromatic rings. The van der Waals surface area contributed by atoms with Crippen LogP contribution in [-0.4, -0.2) is 45.3 Å². The van der Waals surface area contributed by atoms with Gasteiger partial charge in [0.2, 0.25) is 0 Å². The summed E-state index contributed by atoms with van der Waals surface area (Å²) in [6, 6.07) is 1.35. The van der Waals surface area contributed by atoms with E-state index in [-0.39, 0.29) is 18.5 Å². The number of carboxylic acids is 1. The Morgan fingerprint density at radius 1 is 1.56 bits per heavy atom. The van der Waals surface area contributed by atoms with Gasteiger partial charge in [-0.3, -0.25) is 9.89 Å². The van der Waals surface area contributed by atoms with Crippen LogP contribution in [0.3, 0.4) is 0 Å². The number of carbonyl (C=O) groups excluding carboxylic acids is 1. The molecule has 0 saturated heterocycles. The standard InChI is InChI=1S/C11H18N4O3/c1-8(2)6-15(7-10(16)17)11(18)12-5-9-3-4-13-14-9/h3-4,8H,5-7H2,1-2H3,(H,12,18)(H,13,14)(H,16,17). The minimum absolute atomic E-state index is 0.210. The van der Waals surface area contributed by atoms with E-state index in [1.54, 1.807) is 12.3 Å². The highest BCUT2D eigenvalue weighted by atomic mass is 16.4. The number of rotatable bonds is 6. The lowest BCUT2D eigenvalue weighted by atomic mass is 10.2. The summed E-state index contributed by atoms with van der Waals surface area (Å²) in [4.78, 5) is 23.8. The SMILES string of the molecule is CC(C)CN(CC(=O)O)C(=O)NCc1ccn[nH]1. The quantitative estimate of drug-likeness (QED) is 0.694. The van der Waals surface area contributed by atoms with E-state index in [1.165, 1.54) is 4.90 Å². The summed E-state index contributed by atoms with van der Waals surface area (Å²) in [5.74, 6) is -0.811. The highest BCUT2D eigenvalue weighted by molar-refractivity contribution is 5.80. The zero-order valence-corrected chi connectivity index (χ0v) is 10.5. The molecule has 0 radical (unpaired) electrons. The largest absolute Gasteiger partial charge is 0.480 e. The third kappa shape index (κ3) is 4.86. The maximum absolute atomic E-state index is 11.8. The molecular formula is C11H18N4O3. The molecule has 7 heteroatoms. The van der Waals surface area contributed by atoms with Crippen LogP contribution in [0, 0.1) is 5.92 Å². The number of nitrogens with one attached hydrogen (secondary N) is 2. The van der Waals surface area contributed by atoms with Crippen LogP contribution in [0.4, 0.5) is 4.79 Å². The monoisotopic (exact) mass is 254 g/mol. The summed E-state index contributed by atoms with van der Waals surface area (Å²) >= 11 is 0. The lowest BCUT2D eigenvalue weighted by Crippen LogP contribution is -2.44. The molecule has 7 nitrogen and oxygen atoms in total. The molecule has 1 heterocycles. The fraction of sp³-hybridized carbons (Fsp3) is 0.545. The number of hydrogen-bond donors (Lipinski definition) is 3. The van der Waals surface area contributed by atoms with Crippen LogP contribution in [-0.2, 0) is 11.3 Å². The summed E-state index contributed by atoms with van der Waals surface area (Å²) in [5, 5.41) is 17.9.